The molecular formula is C68H72N14O20P2. The summed E-state index contributed by atoms with van der Waals surface area (Å²) in [6.45, 7) is 0.404. The van der Waals surface area contributed by atoms with Gasteiger partial charge in [-0.3, -0.25) is 57.3 Å². The van der Waals surface area contributed by atoms with Crippen LogP contribution in [0.5, 0.6) is 11.5 Å². The molecule has 36 heteroatoms. The van der Waals surface area contributed by atoms with Gasteiger partial charge in [-0.1, -0.05) is 86.6 Å². The summed E-state index contributed by atoms with van der Waals surface area (Å²) in [7, 11) is -7.99. The molecule has 5 aromatic heterocycles. The van der Waals surface area contributed by atoms with Crippen LogP contribution in [-0.2, 0) is 56.6 Å². The molecule has 0 radical (unpaired) electrons. The lowest BCUT2D eigenvalue weighted by atomic mass is 9.80. The van der Waals surface area contributed by atoms with Gasteiger partial charge in [0.1, 0.15) is 60.4 Å². The van der Waals surface area contributed by atoms with Gasteiger partial charge in [0, 0.05) is 42.5 Å². The fourth-order valence-electron chi connectivity index (χ4n) is 12.5. The van der Waals surface area contributed by atoms with Crippen molar-refractivity contribution in [1.29, 1.82) is 10.5 Å². The Morgan fingerprint density at radius 1 is 0.673 bits per heavy atom. The number of fused-ring (bicyclic) bond motifs is 2. The van der Waals surface area contributed by atoms with Gasteiger partial charge >= 0.3 is 20.9 Å². The van der Waals surface area contributed by atoms with Crippen molar-refractivity contribution in [2.24, 2.45) is 5.92 Å². The van der Waals surface area contributed by atoms with Gasteiger partial charge in [0.15, 0.2) is 38.8 Å². The largest absolute Gasteiger partial charge is 0.497 e. The number of hydrogen-bond acceptors (Lipinski definition) is 27. The minimum atomic E-state index is -5.57. The molecule has 0 saturated carbocycles. The highest BCUT2D eigenvalue weighted by molar-refractivity contribution is 7.56. The van der Waals surface area contributed by atoms with Gasteiger partial charge in [0.2, 0.25) is 11.9 Å². The molecule has 4 aromatic carbocycles. The Hall–Kier alpha value is -10.0. The minimum Gasteiger partial charge on any atom is -0.497 e. The molecule has 2 unspecified atom stereocenters. The average Bonchev–Trinajstić information content (AvgIpc) is 1.45. The maximum absolute atomic E-state index is 16.8. The number of nitrogens with zero attached hydrogens (tertiary/aromatic N) is 10. The number of carbonyl (C=O) groups is 2. The number of methoxy groups -OCH3 is 2. The van der Waals surface area contributed by atoms with Crippen molar-refractivity contribution in [3.8, 4) is 23.6 Å². The highest BCUT2D eigenvalue weighted by Gasteiger charge is 2.66. The summed E-state index contributed by atoms with van der Waals surface area (Å²) in [6.07, 6.45) is -9.17. The molecule has 7 N–H and O–H groups in total. The molecule has 0 spiro atoms. The van der Waals surface area contributed by atoms with E-state index in [4.69, 9.17) is 46.5 Å². The molecule has 3 fully saturated rings. The Bertz CT molecular complexity index is 4940. The number of H-pyrrole nitrogens is 2. The van der Waals surface area contributed by atoms with E-state index in [1.54, 1.807) is 123 Å². The molecule has 3 aliphatic heterocycles. The van der Waals surface area contributed by atoms with Crippen molar-refractivity contribution in [3.63, 3.8) is 0 Å². The van der Waals surface area contributed by atoms with Crippen LogP contribution in [0.1, 0.15) is 97.2 Å². The number of imidazole rings is 2. The van der Waals surface area contributed by atoms with E-state index in [0.717, 1.165) is 17.1 Å². The molecule has 8 heterocycles. The topological polar surface area (TPSA) is 455 Å². The van der Waals surface area contributed by atoms with Gasteiger partial charge in [-0.25, -0.2) is 24.7 Å². The monoisotopic (exact) mass is 1470 g/mol. The van der Waals surface area contributed by atoms with Crippen LogP contribution >= 0.6 is 15.2 Å². The molecule has 0 aliphatic carbocycles. The van der Waals surface area contributed by atoms with Crippen molar-refractivity contribution in [2.45, 2.75) is 112 Å². The van der Waals surface area contributed by atoms with Crippen molar-refractivity contribution < 1.29 is 80.6 Å². The van der Waals surface area contributed by atoms with E-state index in [1.165, 1.54) is 42.9 Å². The van der Waals surface area contributed by atoms with Gasteiger partial charge in [0.05, 0.1) is 91.0 Å². The van der Waals surface area contributed by atoms with E-state index in [2.05, 4.69) is 45.5 Å². The second-order valence-corrected chi connectivity index (χ2v) is 29.4. The first-order chi connectivity index (χ1) is 50.0. The molecular weight excluding hydrogens is 1390 g/mol. The second kappa shape index (κ2) is 30.7. The quantitative estimate of drug-likeness (QED) is 0.0148. The predicted octanol–water partition coefficient (Wildman–Crippen LogP) is 6.57. The number of aromatic amines is 2. The number of aryl methyl sites for hydroxylation is 1. The number of carbonyl (C=O) groups excluding carboxylic acids is 2. The fourth-order valence-corrected chi connectivity index (χ4v) is 16.6. The van der Waals surface area contributed by atoms with E-state index in [0.29, 0.717) is 33.8 Å². The third-order valence-electron chi connectivity index (χ3n) is 18.1. The van der Waals surface area contributed by atoms with E-state index in [-0.39, 0.29) is 46.1 Å². The third-order valence-corrected chi connectivity index (χ3v) is 22.9. The summed E-state index contributed by atoms with van der Waals surface area (Å²) in [6, 6.07) is 34.9. The summed E-state index contributed by atoms with van der Waals surface area (Å²) in [5.41, 5.74) is -2.57. The lowest BCUT2D eigenvalue weighted by Gasteiger charge is -2.40. The zero-order chi connectivity index (χ0) is 73.7. The highest BCUT2D eigenvalue weighted by Crippen LogP contribution is 2.70. The van der Waals surface area contributed by atoms with Gasteiger partial charge < -0.3 is 67.2 Å². The highest BCUT2D eigenvalue weighted by atomic mass is 31.2. The summed E-state index contributed by atoms with van der Waals surface area (Å²) in [4.78, 5) is 93.0. The Labute approximate surface area is 591 Å². The Kier molecular flexibility index (Phi) is 21.8. The number of nitriles is 2. The molecule has 12 rings (SSSR count). The van der Waals surface area contributed by atoms with Crippen molar-refractivity contribution in [3.05, 3.63) is 193 Å². The van der Waals surface area contributed by atoms with Gasteiger partial charge in [-0.15, -0.1) is 0 Å². The smallest absolute Gasteiger partial charge is 0.365 e. The number of hydrogen-bond donors (Lipinski definition) is 7. The Morgan fingerprint density at radius 3 is 1.81 bits per heavy atom. The maximum Gasteiger partial charge on any atom is 0.365 e. The van der Waals surface area contributed by atoms with Crippen LogP contribution in [0.2, 0.25) is 0 Å². The lowest BCUT2D eigenvalue weighted by Crippen LogP contribution is -2.46. The first kappa shape index (κ1) is 73.7. The normalized spacial score (nSPS) is 22.9. The molecule has 9 aromatic rings. The van der Waals surface area contributed by atoms with Crippen LogP contribution in [0.25, 0.3) is 22.3 Å². The summed E-state index contributed by atoms with van der Waals surface area (Å²) in [5.74, 6) is -0.803. The molecule has 3 saturated heterocycles. The number of nitrogens with one attached hydrogen (secondary N) is 4. The van der Waals surface area contributed by atoms with Gasteiger partial charge in [-0.05, 0) is 60.0 Å². The SMILES string of the molecule is COc1ccc(C(OC[C@H]2O[C@@H](n3cnc4c(=O)[nH]c(NC(=O)C(C)C)nc43)C[C@@]2(O)P(=O)(OCCC#N)OC[C@H]2O[C@@H](n3cc(C)c(=O)[nH]c3=O)C[C@@]2(O)P(=O)(OCCC#N)OC[C@H]2O[C@@H](n3cnc4c(NC(=O)c5ccccc5)ncnc43)C[C@@H]2O)(c2ccccc2)c2ccc(OC)cc2)cc1. The van der Waals surface area contributed by atoms with Gasteiger partial charge in [-0.2, -0.15) is 15.5 Å². The number of ether oxygens (including phenoxy) is 6. The predicted molar refractivity (Wildman–Crippen MR) is 367 cm³/mol. The third kappa shape index (κ3) is 14.4. The van der Waals surface area contributed by atoms with Crippen LogP contribution in [0.3, 0.4) is 0 Å². The first-order valence-corrected chi connectivity index (χ1v) is 35.8. The summed E-state index contributed by atoms with van der Waals surface area (Å²) in [5, 5.41) is 58.1. The number of anilines is 2. The molecule has 0 bridgehead atoms. The molecule has 3 aliphatic rings. The Morgan fingerprint density at radius 2 is 1.22 bits per heavy atom. The molecule has 544 valence electrons. The number of rotatable bonds is 29. The second-order valence-electron chi connectivity index (χ2n) is 24.9. The number of aliphatic hydroxyl groups is 3. The molecule has 2 amide bonds. The van der Waals surface area contributed by atoms with Crippen molar-refractivity contribution in [2.75, 3.05) is 57.9 Å². The maximum atomic E-state index is 16.8. The number of amides is 2. The number of aliphatic hydroxyl groups excluding tert-OH is 1. The van der Waals surface area contributed by atoms with Crippen LogP contribution in [0.15, 0.2) is 149 Å². The average molecular weight is 1470 g/mol. The standard InChI is InChI=1S/C68H72N14O20P2/c1-40(2)60(84)77-64-76-59-56(63(87)78-64)74-39-82(59)54-32-66(89,50(101-54)35-95-68(43-16-10-7-11-17-43,44-18-22-46(93-4)23-19-44)45-20-24-47(94-5)25-21-45)104(92,97-29-13-27-70)99-36-51-67(90,31-53(102-51)80-33-41(3)61(85)79-65(80)88)103(91,96-28-12-26-69)98-34-49-48(83)30-52(100-49)81-38-73-55-57(71-37-72-58(55)81)75-62(86)42-14-8-6-9-15-42/h6-11,14-25,33,37-40,48-54,83,89-90H,12-13,28-32,34-36H2,1-5H3,(H,79,85,88)(H,71,72,75,86)(H2,76,77,78,84,87)/t48-,49+,50+,51+,52+,53+,54+,66+,67+,103?,104?/m0/s1. The van der Waals surface area contributed by atoms with Crippen LogP contribution in [-0.4, -0.2) is 158 Å². The minimum absolute atomic E-state index is 0.0210. The van der Waals surface area contributed by atoms with Crippen LogP contribution in [0.4, 0.5) is 11.8 Å². The molecule has 11 atom stereocenters. The zero-order valence-electron chi connectivity index (χ0n) is 56.5. The van der Waals surface area contributed by atoms with E-state index >= 15 is 9.13 Å². The zero-order valence-corrected chi connectivity index (χ0v) is 58.3. The molecule has 34 nitrogen and oxygen atoms in total. The summed E-state index contributed by atoms with van der Waals surface area (Å²) < 4.78 is 99.1. The van der Waals surface area contributed by atoms with E-state index in [1.807, 2.05) is 12.1 Å². The Balaban J connectivity index is 0.925. The van der Waals surface area contributed by atoms with Crippen LogP contribution in [0, 0.1) is 35.5 Å². The number of benzene rings is 4. The van der Waals surface area contributed by atoms with Gasteiger partial charge in [0.25, 0.3) is 17.0 Å². The first-order valence-electron chi connectivity index (χ1n) is 32.7. The summed E-state index contributed by atoms with van der Waals surface area (Å²) >= 11 is 0. The fraction of sp³-hybridized carbons (Fsp3) is 0.382. The molecule has 104 heavy (non-hydrogen) atoms. The number of aromatic nitrogens is 10. The van der Waals surface area contributed by atoms with Crippen molar-refractivity contribution >= 4 is 61.1 Å². The van der Waals surface area contributed by atoms with Crippen LogP contribution < -0.4 is 36.9 Å². The lowest BCUT2D eigenvalue weighted by molar-refractivity contribution is -0.119. The van der Waals surface area contributed by atoms with E-state index < -0.39 is 168 Å². The van der Waals surface area contributed by atoms with E-state index in [9.17, 15) is 49.8 Å². The van der Waals surface area contributed by atoms with Crippen molar-refractivity contribution in [1.82, 2.24) is 48.6 Å².